The van der Waals surface area contributed by atoms with E-state index in [1.807, 2.05) is 18.2 Å². The zero-order valence-electron chi connectivity index (χ0n) is 12.0. The predicted octanol–water partition coefficient (Wildman–Crippen LogP) is 3.63. The number of nitrogens with one attached hydrogen (secondary N) is 1. The second-order valence-electron chi connectivity index (χ2n) is 6.00. The Morgan fingerprint density at radius 2 is 2.20 bits per heavy atom. The van der Waals surface area contributed by atoms with Gasteiger partial charge in [-0.1, -0.05) is 24.6 Å². The summed E-state index contributed by atoms with van der Waals surface area (Å²) >= 11 is 0. The maximum Gasteiger partial charge on any atom is 0.134 e. The summed E-state index contributed by atoms with van der Waals surface area (Å²) in [7, 11) is 0. The first-order valence-electron chi connectivity index (χ1n) is 7.62. The summed E-state index contributed by atoms with van der Waals surface area (Å²) in [4.78, 5) is 0. The lowest BCUT2D eigenvalue weighted by atomic mass is 9.87. The molecule has 108 valence electrons. The molecule has 1 heterocycles. The highest BCUT2D eigenvalue weighted by Crippen LogP contribution is 2.26. The molecule has 3 heteroatoms. The largest absolute Gasteiger partial charge is 0.459 e. The first-order chi connectivity index (χ1) is 9.72. The molecule has 1 aromatic carbocycles. The standard InChI is InChI=1S/C17H23NO2/c1-12(18-11-13-5-4-7-15(19)9-13)17-10-14-6-2-3-8-16(14)20-17/h2-3,6,8,10,12-13,15,18-19H,4-5,7,9,11H2,1H3. The highest BCUT2D eigenvalue weighted by molar-refractivity contribution is 5.77. The molecule has 3 nitrogen and oxygen atoms in total. The van der Waals surface area contributed by atoms with Crippen LogP contribution in [-0.4, -0.2) is 17.8 Å². The minimum Gasteiger partial charge on any atom is -0.459 e. The first kappa shape index (κ1) is 13.7. The summed E-state index contributed by atoms with van der Waals surface area (Å²) < 4.78 is 5.88. The van der Waals surface area contributed by atoms with Gasteiger partial charge in [-0.25, -0.2) is 0 Å². The molecule has 0 spiro atoms. The van der Waals surface area contributed by atoms with Crippen molar-refractivity contribution in [3.63, 3.8) is 0 Å². The molecule has 0 aliphatic heterocycles. The SMILES string of the molecule is CC(NCC1CCCC(O)C1)c1cc2ccccc2o1. The van der Waals surface area contributed by atoms with E-state index in [2.05, 4.69) is 24.4 Å². The molecule has 1 fully saturated rings. The second-order valence-corrected chi connectivity index (χ2v) is 6.00. The predicted molar refractivity (Wildman–Crippen MR) is 80.6 cm³/mol. The van der Waals surface area contributed by atoms with Gasteiger partial charge in [-0.05, 0) is 50.8 Å². The first-order valence-corrected chi connectivity index (χ1v) is 7.62. The van der Waals surface area contributed by atoms with Gasteiger partial charge in [0.1, 0.15) is 11.3 Å². The average molecular weight is 273 g/mol. The van der Waals surface area contributed by atoms with Gasteiger partial charge < -0.3 is 14.8 Å². The lowest BCUT2D eigenvalue weighted by Gasteiger charge is -2.27. The third-order valence-electron chi connectivity index (χ3n) is 4.34. The van der Waals surface area contributed by atoms with Gasteiger partial charge in [0.05, 0.1) is 12.1 Å². The van der Waals surface area contributed by atoms with Gasteiger partial charge in [-0.3, -0.25) is 0 Å². The van der Waals surface area contributed by atoms with Gasteiger partial charge in [0.25, 0.3) is 0 Å². The monoisotopic (exact) mass is 273 g/mol. The molecule has 2 N–H and O–H groups in total. The van der Waals surface area contributed by atoms with Crippen LogP contribution in [0.25, 0.3) is 11.0 Å². The molecule has 1 saturated carbocycles. The van der Waals surface area contributed by atoms with E-state index in [1.165, 1.54) is 6.42 Å². The van der Waals surface area contributed by atoms with E-state index in [-0.39, 0.29) is 12.1 Å². The minimum absolute atomic E-state index is 0.0999. The Balaban J connectivity index is 1.59. The highest BCUT2D eigenvalue weighted by Gasteiger charge is 2.21. The van der Waals surface area contributed by atoms with Crippen LogP contribution in [0.2, 0.25) is 0 Å². The second kappa shape index (κ2) is 5.98. The molecule has 0 bridgehead atoms. The fraction of sp³-hybridized carbons (Fsp3) is 0.529. The van der Waals surface area contributed by atoms with E-state index < -0.39 is 0 Å². The molecule has 3 unspecified atom stereocenters. The summed E-state index contributed by atoms with van der Waals surface area (Å²) in [6.45, 7) is 3.09. The number of furan rings is 1. The van der Waals surface area contributed by atoms with Crippen molar-refractivity contribution in [1.29, 1.82) is 0 Å². The zero-order chi connectivity index (χ0) is 13.9. The number of rotatable bonds is 4. The van der Waals surface area contributed by atoms with Crippen molar-refractivity contribution in [2.24, 2.45) is 5.92 Å². The van der Waals surface area contributed by atoms with Crippen LogP contribution in [-0.2, 0) is 0 Å². The smallest absolute Gasteiger partial charge is 0.134 e. The number of fused-ring (bicyclic) bond motifs is 1. The molecule has 20 heavy (non-hydrogen) atoms. The summed E-state index contributed by atoms with van der Waals surface area (Å²) in [5.74, 6) is 1.58. The van der Waals surface area contributed by atoms with Crippen LogP contribution in [0.5, 0.6) is 0 Å². The van der Waals surface area contributed by atoms with Crippen LogP contribution in [0.4, 0.5) is 0 Å². The Morgan fingerprint density at radius 3 is 3.00 bits per heavy atom. The van der Waals surface area contributed by atoms with Crippen molar-refractivity contribution in [3.05, 3.63) is 36.1 Å². The van der Waals surface area contributed by atoms with Gasteiger partial charge in [-0.2, -0.15) is 0 Å². The van der Waals surface area contributed by atoms with E-state index in [0.29, 0.717) is 5.92 Å². The van der Waals surface area contributed by atoms with Crippen LogP contribution in [0.3, 0.4) is 0 Å². The van der Waals surface area contributed by atoms with E-state index in [0.717, 1.165) is 42.5 Å². The lowest BCUT2D eigenvalue weighted by Crippen LogP contribution is -2.30. The topological polar surface area (TPSA) is 45.4 Å². The Labute approximate surface area is 120 Å². The van der Waals surface area contributed by atoms with Gasteiger partial charge in [0.2, 0.25) is 0 Å². The number of hydrogen-bond donors (Lipinski definition) is 2. The summed E-state index contributed by atoms with van der Waals surface area (Å²) in [5.41, 5.74) is 0.948. The number of benzene rings is 1. The van der Waals surface area contributed by atoms with Crippen LogP contribution in [0, 0.1) is 5.92 Å². The van der Waals surface area contributed by atoms with Crippen LogP contribution in [0.1, 0.15) is 44.4 Å². The Hall–Kier alpha value is -1.32. The van der Waals surface area contributed by atoms with Crippen molar-refractivity contribution in [3.8, 4) is 0 Å². The molecule has 1 aromatic heterocycles. The minimum atomic E-state index is -0.0999. The number of aliphatic hydroxyl groups is 1. The van der Waals surface area contributed by atoms with Crippen molar-refractivity contribution in [2.45, 2.75) is 44.8 Å². The quantitative estimate of drug-likeness (QED) is 0.894. The summed E-state index contributed by atoms with van der Waals surface area (Å²) in [5, 5.41) is 14.4. The van der Waals surface area contributed by atoms with E-state index in [4.69, 9.17) is 4.42 Å². The van der Waals surface area contributed by atoms with Crippen molar-refractivity contribution in [1.82, 2.24) is 5.32 Å². The molecule has 1 aliphatic carbocycles. The van der Waals surface area contributed by atoms with Gasteiger partial charge in [-0.15, -0.1) is 0 Å². The van der Waals surface area contributed by atoms with E-state index in [9.17, 15) is 5.11 Å². The number of para-hydroxylation sites is 1. The summed E-state index contributed by atoms with van der Waals surface area (Å²) in [6.07, 6.45) is 4.16. The molecule has 3 rings (SSSR count). The molecule has 1 aliphatic rings. The molecule has 0 radical (unpaired) electrons. The molecule has 0 saturated heterocycles. The van der Waals surface area contributed by atoms with Crippen LogP contribution < -0.4 is 5.32 Å². The van der Waals surface area contributed by atoms with Gasteiger partial charge in [0, 0.05) is 5.39 Å². The van der Waals surface area contributed by atoms with Crippen LogP contribution >= 0.6 is 0 Å². The summed E-state index contributed by atoms with van der Waals surface area (Å²) in [6, 6.07) is 10.4. The Bertz CT molecular complexity index is 530. The third-order valence-corrected chi connectivity index (χ3v) is 4.34. The van der Waals surface area contributed by atoms with Crippen molar-refractivity contribution >= 4 is 11.0 Å². The molecular formula is C17H23NO2. The van der Waals surface area contributed by atoms with Gasteiger partial charge in [0.15, 0.2) is 0 Å². The van der Waals surface area contributed by atoms with Gasteiger partial charge >= 0.3 is 0 Å². The Kier molecular flexibility index (Phi) is 4.08. The number of aliphatic hydroxyl groups excluding tert-OH is 1. The normalized spacial score (nSPS) is 24.9. The Morgan fingerprint density at radius 1 is 1.35 bits per heavy atom. The highest BCUT2D eigenvalue weighted by atomic mass is 16.3. The maximum absolute atomic E-state index is 9.71. The fourth-order valence-electron chi connectivity index (χ4n) is 3.11. The molecule has 0 amide bonds. The fourth-order valence-corrected chi connectivity index (χ4v) is 3.11. The lowest BCUT2D eigenvalue weighted by molar-refractivity contribution is 0.0995. The molecule has 3 atom stereocenters. The molecule has 2 aromatic rings. The van der Waals surface area contributed by atoms with Crippen molar-refractivity contribution in [2.75, 3.05) is 6.54 Å². The average Bonchev–Trinajstić information content (AvgIpc) is 2.89. The zero-order valence-corrected chi connectivity index (χ0v) is 12.0. The van der Waals surface area contributed by atoms with Crippen LogP contribution in [0.15, 0.2) is 34.7 Å². The van der Waals surface area contributed by atoms with E-state index in [1.54, 1.807) is 0 Å². The molecular weight excluding hydrogens is 250 g/mol. The number of hydrogen-bond acceptors (Lipinski definition) is 3. The maximum atomic E-state index is 9.71. The third kappa shape index (κ3) is 3.05. The van der Waals surface area contributed by atoms with Crippen molar-refractivity contribution < 1.29 is 9.52 Å². The van der Waals surface area contributed by atoms with E-state index >= 15 is 0 Å².